The van der Waals surface area contributed by atoms with E-state index in [1.165, 1.54) is 5.56 Å². The Bertz CT molecular complexity index is 825. The van der Waals surface area contributed by atoms with E-state index in [1.807, 2.05) is 43.3 Å². The van der Waals surface area contributed by atoms with Gasteiger partial charge >= 0.3 is 0 Å². The summed E-state index contributed by atoms with van der Waals surface area (Å²) in [5.41, 5.74) is 4.24. The maximum Gasteiger partial charge on any atom is 0.243 e. The Kier molecular flexibility index (Phi) is 4.30. The molecule has 0 amide bonds. The summed E-state index contributed by atoms with van der Waals surface area (Å²) in [6.07, 6.45) is 0.776. The molecule has 0 spiro atoms. The smallest absolute Gasteiger partial charge is 0.207 e. The molecular weight excluding hydrogens is 306 g/mol. The lowest BCUT2D eigenvalue weighted by Gasteiger charge is -2.28. The van der Waals surface area contributed by atoms with Crippen molar-refractivity contribution in [1.29, 1.82) is 0 Å². The van der Waals surface area contributed by atoms with E-state index in [2.05, 4.69) is 19.9 Å². The molecule has 2 aromatic carbocycles. The van der Waals surface area contributed by atoms with Crippen molar-refractivity contribution in [3.05, 3.63) is 64.7 Å². The number of sulfonamides is 1. The maximum atomic E-state index is 13.1. The molecule has 23 heavy (non-hydrogen) atoms. The third kappa shape index (κ3) is 3.06. The first-order valence-corrected chi connectivity index (χ1v) is 9.51. The van der Waals surface area contributed by atoms with Crippen LogP contribution in [0.25, 0.3) is 0 Å². The zero-order valence-corrected chi connectivity index (χ0v) is 14.7. The highest BCUT2D eigenvalue weighted by molar-refractivity contribution is 7.89. The van der Waals surface area contributed by atoms with Gasteiger partial charge in [-0.3, -0.25) is 0 Å². The second-order valence-electron chi connectivity index (χ2n) is 6.54. The lowest BCUT2D eigenvalue weighted by Crippen LogP contribution is -2.36. The molecule has 0 saturated carbocycles. The fourth-order valence-corrected chi connectivity index (χ4v) is 4.75. The quantitative estimate of drug-likeness (QED) is 0.857. The lowest BCUT2D eigenvalue weighted by molar-refractivity contribution is 0.391. The fourth-order valence-electron chi connectivity index (χ4n) is 3.07. The van der Waals surface area contributed by atoms with E-state index in [4.69, 9.17) is 0 Å². The fraction of sp³-hybridized carbons (Fsp3) is 0.368. The average Bonchev–Trinajstić information content (AvgIpc) is 2.54. The van der Waals surface area contributed by atoms with Crippen molar-refractivity contribution >= 4 is 10.0 Å². The number of rotatable bonds is 3. The second-order valence-corrected chi connectivity index (χ2v) is 8.44. The van der Waals surface area contributed by atoms with Crippen molar-refractivity contribution in [2.24, 2.45) is 0 Å². The van der Waals surface area contributed by atoms with Gasteiger partial charge in [0, 0.05) is 13.1 Å². The zero-order valence-electron chi connectivity index (χ0n) is 13.9. The van der Waals surface area contributed by atoms with Gasteiger partial charge in [-0.15, -0.1) is 0 Å². The van der Waals surface area contributed by atoms with Crippen LogP contribution in [0.1, 0.15) is 42.0 Å². The van der Waals surface area contributed by atoms with Crippen molar-refractivity contribution < 1.29 is 8.42 Å². The van der Waals surface area contributed by atoms with Crippen LogP contribution in [0, 0.1) is 6.92 Å². The van der Waals surface area contributed by atoms with Gasteiger partial charge in [0.25, 0.3) is 0 Å². The highest BCUT2D eigenvalue weighted by atomic mass is 32.2. The third-order valence-electron chi connectivity index (χ3n) is 4.59. The van der Waals surface area contributed by atoms with Crippen LogP contribution in [0.15, 0.2) is 47.4 Å². The maximum absolute atomic E-state index is 13.1. The van der Waals surface area contributed by atoms with Crippen molar-refractivity contribution in [2.45, 2.75) is 44.6 Å². The third-order valence-corrected chi connectivity index (χ3v) is 6.58. The molecule has 2 aromatic rings. The second kappa shape index (κ2) is 6.10. The summed E-state index contributed by atoms with van der Waals surface area (Å²) in [4.78, 5) is 0.447. The molecule has 3 nitrogen and oxygen atoms in total. The van der Waals surface area contributed by atoms with E-state index in [0.717, 1.165) is 23.1 Å². The van der Waals surface area contributed by atoms with Gasteiger partial charge in [-0.05, 0) is 47.6 Å². The normalized spacial score (nSPS) is 15.7. The zero-order chi connectivity index (χ0) is 16.6. The molecule has 122 valence electrons. The van der Waals surface area contributed by atoms with Crippen LogP contribution < -0.4 is 0 Å². The summed E-state index contributed by atoms with van der Waals surface area (Å²) >= 11 is 0. The van der Waals surface area contributed by atoms with Crippen LogP contribution in [-0.2, 0) is 23.0 Å². The molecule has 0 atom stereocenters. The Labute approximate surface area is 139 Å². The van der Waals surface area contributed by atoms with Crippen molar-refractivity contribution in [3.8, 4) is 0 Å². The molecule has 0 N–H and O–H groups in total. The largest absolute Gasteiger partial charge is 0.243 e. The SMILES string of the molecule is Cc1ccc(C(C)C)cc1S(=O)(=O)N1CCc2ccccc2C1. The van der Waals surface area contributed by atoms with Gasteiger partial charge in [-0.2, -0.15) is 4.31 Å². The van der Waals surface area contributed by atoms with E-state index in [1.54, 1.807) is 4.31 Å². The highest BCUT2D eigenvalue weighted by Gasteiger charge is 2.29. The molecule has 0 aliphatic carbocycles. The molecule has 3 rings (SSSR count). The van der Waals surface area contributed by atoms with Crippen LogP contribution in [0.2, 0.25) is 0 Å². The minimum absolute atomic E-state index is 0.312. The molecule has 0 radical (unpaired) electrons. The molecule has 1 aliphatic heterocycles. The number of hydrogen-bond donors (Lipinski definition) is 0. The molecule has 0 saturated heterocycles. The predicted octanol–water partition coefficient (Wildman–Crippen LogP) is 3.87. The number of hydrogen-bond acceptors (Lipinski definition) is 2. The summed E-state index contributed by atoms with van der Waals surface area (Å²) in [5, 5.41) is 0. The Morgan fingerprint density at radius 2 is 1.74 bits per heavy atom. The summed E-state index contributed by atoms with van der Waals surface area (Å²) in [7, 11) is -3.46. The van der Waals surface area contributed by atoms with E-state index in [9.17, 15) is 8.42 Å². The Balaban J connectivity index is 1.98. The first-order valence-electron chi connectivity index (χ1n) is 8.07. The Morgan fingerprint density at radius 1 is 1.04 bits per heavy atom. The highest BCUT2D eigenvalue weighted by Crippen LogP contribution is 2.28. The molecule has 0 unspecified atom stereocenters. The first kappa shape index (κ1) is 16.2. The number of aryl methyl sites for hydroxylation is 1. The predicted molar refractivity (Wildman–Crippen MR) is 93.0 cm³/mol. The van der Waals surface area contributed by atoms with Gasteiger partial charge in [-0.1, -0.05) is 50.2 Å². The van der Waals surface area contributed by atoms with Gasteiger partial charge in [-0.25, -0.2) is 8.42 Å². The van der Waals surface area contributed by atoms with E-state index < -0.39 is 10.0 Å². The number of nitrogens with zero attached hydrogens (tertiary/aromatic N) is 1. The van der Waals surface area contributed by atoms with Crippen molar-refractivity contribution in [3.63, 3.8) is 0 Å². The van der Waals surface area contributed by atoms with Crippen LogP contribution in [0.5, 0.6) is 0 Å². The number of benzene rings is 2. The van der Waals surface area contributed by atoms with Crippen LogP contribution in [-0.4, -0.2) is 19.3 Å². The Morgan fingerprint density at radius 3 is 2.43 bits per heavy atom. The molecule has 1 aliphatic rings. The molecular formula is C19H23NO2S. The molecule has 0 bridgehead atoms. The molecule has 0 aromatic heterocycles. The monoisotopic (exact) mass is 329 g/mol. The topological polar surface area (TPSA) is 37.4 Å². The van der Waals surface area contributed by atoms with Gasteiger partial charge in [0.1, 0.15) is 0 Å². The van der Waals surface area contributed by atoms with Gasteiger partial charge in [0.05, 0.1) is 4.90 Å². The van der Waals surface area contributed by atoms with E-state index in [0.29, 0.717) is 23.9 Å². The van der Waals surface area contributed by atoms with E-state index >= 15 is 0 Å². The summed E-state index contributed by atoms with van der Waals surface area (Å²) in [6.45, 7) is 7.04. The van der Waals surface area contributed by atoms with Gasteiger partial charge < -0.3 is 0 Å². The lowest BCUT2D eigenvalue weighted by atomic mass is 10.0. The molecule has 1 heterocycles. The van der Waals surface area contributed by atoms with Crippen LogP contribution >= 0.6 is 0 Å². The van der Waals surface area contributed by atoms with Crippen LogP contribution in [0.3, 0.4) is 0 Å². The van der Waals surface area contributed by atoms with Crippen molar-refractivity contribution in [2.75, 3.05) is 6.54 Å². The summed E-state index contributed by atoms with van der Waals surface area (Å²) in [6, 6.07) is 13.9. The van der Waals surface area contributed by atoms with Gasteiger partial charge in [0.2, 0.25) is 10.0 Å². The first-order chi connectivity index (χ1) is 10.9. The van der Waals surface area contributed by atoms with Gasteiger partial charge in [0.15, 0.2) is 0 Å². The minimum atomic E-state index is -3.46. The summed E-state index contributed by atoms with van der Waals surface area (Å²) < 4.78 is 27.9. The van der Waals surface area contributed by atoms with Crippen molar-refractivity contribution in [1.82, 2.24) is 4.31 Å². The minimum Gasteiger partial charge on any atom is -0.207 e. The van der Waals surface area contributed by atoms with E-state index in [-0.39, 0.29) is 0 Å². The Hall–Kier alpha value is -1.65. The molecule has 0 fully saturated rings. The van der Waals surface area contributed by atoms with Crippen LogP contribution in [0.4, 0.5) is 0 Å². The standard InChI is InChI=1S/C19H23NO2S/c1-14(2)17-9-8-15(3)19(12-17)23(21,22)20-11-10-16-6-4-5-7-18(16)13-20/h4-9,12,14H,10-11,13H2,1-3H3. The average molecular weight is 329 g/mol. The number of fused-ring (bicyclic) bond motifs is 1. The summed E-state index contributed by atoms with van der Waals surface area (Å²) in [5.74, 6) is 0.312. The molecule has 4 heteroatoms.